The van der Waals surface area contributed by atoms with Crippen LogP contribution in [0.2, 0.25) is 0 Å². The van der Waals surface area contributed by atoms with Crippen molar-refractivity contribution in [2.24, 2.45) is 33.9 Å². The summed E-state index contributed by atoms with van der Waals surface area (Å²) in [5, 5.41) is 47.8. The molecular weight excluding hydrogens is 1760 g/mol. The number of aromatic nitrogens is 16. The van der Waals surface area contributed by atoms with Gasteiger partial charge in [0, 0.05) is 242 Å². The first-order chi connectivity index (χ1) is 65.2. The van der Waals surface area contributed by atoms with Gasteiger partial charge in [-0.2, -0.15) is 40.8 Å². The minimum absolute atomic E-state index is 0.0190. The molecule has 0 bridgehead atoms. The summed E-state index contributed by atoms with van der Waals surface area (Å²) >= 11 is 0. The van der Waals surface area contributed by atoms with E-state index in [9.17, 15) is 36.7 Å². The number of nitrogens with zero attached hydrogens (tertiary/aromatic N) is 20. The SMILES string of the molecule is CCC(=O)N1CCc2c(c(Nc3cc(C(F)F)c(-c4cnn(C)c4)cc3F)nn2C2CCOCC2)C1.CCC(=O)N1CCc2c(c(Nc3cc(C(F)F)c(-c4cnn(C)c4)cc3F)nn2[C@H]2CCOC2)C1.CCC(=O)N1CCc2c(c(Nc3ccc(-c4cnn(C)c4)cc3F)nn2[C@H]2CCOC2)C1.Cn1cc(-c2ccc(Nc3nn(C4CCOCC4)c4c3CN(C(N)=O)CC4)c(F)c2)cn1. The van der Waals surface area contributed by atoms with E-state index in [2.05, 4.69) is 41.7 Å². The zero-order valence-electron chi connectivity index (χ0n) is 76.2. The number of fused-ring (bicyclic) bond motifs is 4. The predicted octanol–water partition coefficient (Wildman–Crippen LogP) is 15.5. The first-order valence-corrected chi connectivity index (χ1v) is 45.7. The van der Waals surface area contributed by atoms with E-state index in [0.717, 1.165) is 136 Å². The molecule has 20 rings (SSSR count). The molecule has 33 nitrogen and oxygen atoms in total. The monoisotopic (exact) mass is 1870 g/mol. The van der Waals surface area contributed by atoms with Crippen LogP contribution in [0.4, 0.5) is 85.9 Å². The summed E-state index contributed by atoms with van der Waals surface area (Å²) < 4.78 is 153. The van der Waals surface area contributed by atoms with Crippen LogP contribution >= 0.6 is 0 Å². The number of amides is 5. The lowest BCUT2D eigenvalue weighted by molar-refractivity contribution is -0.132. The maximum atomic E-state index is 15.3. The lowest BCUT2D eigenvalue weighted by Crippen LogP contribution is -2.40. The van der Waals surface area contributed by atoms with Crippen molar-refractivity contribution in [1.29, 1.82) is 0 Å². The predicted molar refractivity (Wildman–Crippen MR) is 485 cm³/mol. The second-order valence-corrected chi connectivity index (χ2v) is 34.8. The first-order valence-electron chi connectivity index (χ1n) is 45.7. The second-order valence-electron chi connectivity index (χ2n) is 34.8. The Morgan fingerprint density at radius 2 is 0.667 bits per heavy atom. The Bertz CT molecular complexity index is 6300. The van der Waals surface area contributed by atoms with Crippen LogP contribution in [0.3, 0.4) is 0 Å². The third-order valence-corrected chi connectivity index (χ3v) is 26.0. The van der Waals surface area contributed by atoms with Gasteiger partial charge in [0.25, 0.3) is 12.9 Å². The van der Waals surface area contributed by atoms with Crippen LogP contribution in [-0.2, 0) is 113 Å². The van der Waals surface area contributed by atoms with Crippen LogP contribution in [0.5, 0.6) is 0 Å². The van der Waals surface area contributed by atoms with Gasteiger partial charge in [0.1, 0.15) is 23.3 Å². The normalized spacial score (nSPS) is 17.3. The van der Waals surface area contributed by atoms with Gasteiger partial charge < -0.3 is 65.5 Å². The number of primary amides is 1. The molecule has 4 fully saturated rings. The number of nitrogens with two attached hydrogens (primary N) is 1. The first kappa shape index (κ1) is 93.5. The molecule has 0 aliphatic carbocycles. The van der Waals surface area contributed by atoms with E-state index in [0.29, 0.717) is 190 Å². The number of rotatable bonds is 21. The van der Waals surface area contributed by atoms with Gasteiger partial charge in [0.05, 0.1) is 111 Å². The number of urea groups is 1. The van der Waals surface area contributed by atoms with E-state index in [1.807, 2.05) is 76.1 Å². The van der Waals surface area contributed by atoms with E-state index < -0.39 is 30.5 Å². The van der Waals surface area contributed by atoms with Crippen LogP contribution in [0.25, 0.3) is 44.5 Å². The van der Waals surface area contributed by atoms with Crippen molar-refractivity contribution in [1.82, 2.24) is 97.8 Å². The number of carbonyl (C=O) groups is 4. The molecule has 0 spiro atoms. The summed E-state index contributed by atoms with van der Waals surface area (Å²) in [4.78, 5) is 55.8. The Kier molecular flexibility index (Phi) is 28.3. The second kappa shape index (κ2) is 40.9. The van der Waals surface area contributed by atoms with Crippen molar-refractivity contribution in [3.05, 3.63) is 190 Å². The molecule has 16 heterocycles. The average Bonchev–Trinajstić information content (AvgIpc) is 1.63. The molecular formula is C94H109F8N25O8. The molecule has 41 heteroatoms. The topological polar surface area (TPSA) is 335 Å². The lowest BCUT2D eigenvalue weighted by Gasteiger charge is -2.30. The van der Waals surface area contributed by atoms with Crippen molar-refractivity contribution in [3.8, 4) is 44.5 Å². The van der Waals surface area contributed by atoms with E-state index >= 15 is 17.6 Å². The summed E-state index contributed by atoms with van der Waals surface area (Å²) in [6.45, 7) is 14.5. The summed E-state index contributed by atoms with van der Waals surface area (Å²) in [5.41, 5.74) is 17.2. The average molecular weight is 1870 g/mol. The number of ether oxygens (including phenoxy) is 4. The van der Waals surface area contributed by atoms with Crippen molar-refractivity contribution in [2.45, 2.75) is 167 Å². The van der Waals surface area contributed by atoms with Crippen molar-refractivity contribution in [3.63, 3.8) is 0 Å². The van der Waals surface area contributed by atoms with E-state index in [1.54, 1.807) is 82.0 Å². The molecule has 135 heavy (non-hydrogen) atoms. The van der Waals surface area contributed by atoms with Gasteiger partial charge in [0.15, 0.2) is 23.3 Å². The fourth-order valence-electron chi connectivity index (χ4n) is 18.8. The van der Waals surface area contributed by atoms with Crippen LogP contribution in [-0.4, -0.2) is 201 Å². The summed E-state index contributed by atoms with van der Waals surface area (Å²) in [6, 6.07) is 14.7. The number of alkyl halides is 4. The van der Waals surface area contributed by atoms with Gasteiger partial charge in [0.2, 0.25) is 17.7 Å². The molecule has 0 radical (unpaired) electrons. The quantitative estimate of drug-likeness (QED) is 0.0417. The highest BCUT2D eigenvalue weighted by atomic mass is 19.3. The minimum Gasteiger partial charge on any atom is -0.381 e. The number of carbonyl (C=O) groups excluding carboxylic acids is 4. The van der Waals surface area contributed by atoms with Gasteiger partial charge in [-0.05, 0) is 109 Å². The smallest absolute Gasteiger partial charge is 0.315 e. The molecule has 8 aliphatic heterocycles. The third-order valence-electron chi connectivity index (χ3n) is 26.0. The molecule has 4 aromatic carbocycles. The van der Waals surface area contributed by atoms with Gasteiger partial charge in [-0.3, -0.25) is 51.8 Å². The maximum Gasteiger partial charge on any atom is 0.315 e. The third kappa shape index (κ3) is 20.4. The van der Waals surface area contributed by atoms with Crippen molar-refractivity contribution in [2.75, 3.05) is 100 Å². The van der Waals surface area contributed by atoms with Crippen LogP contribution in [0.1, 0.15) is 172 Å². The van der Waals surface area contributed by atoms with Crippen molar-refractivity contribution < 1.29 is 73.2 Å². The van der Waals surface area contributed by atoms with Crippen molar-refractivity contribution >= 4 is 69.8 Å². The Morgan fingerprint density at radius 3 is 0.956 bits per heavy atom. The number of aryl methyl sites for hydroxylation is 4. The van der Waals surface area contributed by atoms with Crippen LogP contribution in [0, 0.1) is 23.3 Å². The minimum atomic E-state index is -2.81. The number of nitrogens with one attached hydrogen (secondary N) is 4. The number of anilines is 8. The summed E-state index contributed by atoms with van der Waals surface area (Å²) in [7, 11) is 6.99. The van der Waals surface area contributed by atoms with Gasteiger partial charge in [-0.25, -0.2) is 39.9 Å². The van der Waals surface area contributed by atoms with E-state index in [4.69, 9.17) is 45.1 Å². The number of hydrogen-bond acceptors (Lipinski definition) is 20. The molecule has 8 aromatic heterocycles. The standard InChI is InChI=1S/C25H29F3N6O2.C24H27F3N6O2.C23H27FN6O2.C22H26FN7O2/c1-3-23(35)33-7-4-22-19(14-33)25(31-34(22)16-5-8-36-9-6-16)30-21-11-18(24(27)28)17(10-20(21)26)15-12-29-32(2)13-15;1-3-22(34)32-6-4-21-18(12-32)24(30-33(21)15-5-7-35-13-15)29-20-9-17(23(26)27)16(8-19(20)25)14-10-28-31(2)11-14;1-3-22(31)29-8-6-21-18(13-29)23(27-30(21)17-7-9-32-14-17)26-20-5-4-15(10-19(20)24)16-11-25-28(2)12-16;1-28-12-15(11-25-28)14-2-3-19(18(23)10-14)26-21-17-13-29(22(24)31)7-4-20(17)30(27-21)16-5-8-32-9-6-16/h10-13,16,24H,3-9,14H2,1-2H3,(H,30,31);8-11,15,23H,3-7,12-13H2,1-2H3,(H,29,30);4-5,10-12,17H,3,6-9,13-14H2,1-2H3,(H,26,27);2-3,10-12,16H,4-9,13H2,1H3,(H2,24,31)(H,26,27)/t;15-;17-;/m.00./s1. The molecule has 4 saturated heterocycles. The van der Waals surface area contributed by atoms with Gasteiger partial charge >= 0.3 is 6.03 Å². The van der Waals surface area contributed by atoms with Crippen LogP contribution < -0.4 is 27.0 Å². The molecule has 8 aliphatic rings. The number of benzene rings is 4. The Hall–Kier alpha value is -13.3. The molecule has 6 N–H and O–H groups in total. The van der Waals surface area contributed by atoms with Crippen LogP contribution in [0.15, 0.2) is 110 Å². The Balaban J connectivity index is 0.000000125. The van der Waals surface area contributed by atoms with Gasteiger partial charge in [-0.15, -0.1) is 0 Å². The summed E-state index contributed by atoms with van der Waals surface area (Å²) in [6.07, 6.45) is 16.4. The molecule has 0 saturated carbocycles. The fraction of sp³-hybridized carbons (Fsp3) is 0.447. The highest BCUT2D eigenvalue weighted by molar-refractivity contribution is 5.81. The molecule has 5 amide bonds. The lowest BCUT2D eigenvalue weighted by atomic mass is 10.0. The van der Waals surface area contributed by atoms with Gasteiger partial charge in [-0.1, -0.05) is 32.9 Å². The highest BCUT2D eigenvalue weighted by Gasteiger charge is 2.38. The molecule has 12 aromatic rings. The Morgan fingerprint density at radius 1 is 0.378 bits per heavy atom. The largest absolute Gasteiger partial charge is 0.381 e. The molecule has 714 valence electrons. The maximum absolute atomic E-state index is 15.3. The number of hydrogen-bond donors (Lipinski definition) is 5. The zero-order valence-corrected chi connectivity index (χ0v) is 76.2. The highest BCUT2D eigenvalue weighted by Crippen LogP contribution is 2.44. The fourth-order valence-corrected chi connectivity index (χ4v) is 18.8. The molecule has 0 unspecified atom stereocenters. The van der Waals surface area contributed by atoms with E-state index in [-0.39, 0.29) is 87.2 Å². The summed E-state index contributed by atoms with van der Waals surface area (Å²) in [5.74, 6) is -0.0259. The van der Waals surface area contributed by atoms with E-state index in [1.165, 1.54) is 33.9 Å². The zero-order chi connectivity index (χ0) is 94.6. The Labute approximate surface area is 773 Å². The number of halogens is 8. The molecule has 2 atom stereocenters.